The van der Waals surface area contributed by atoms with E-state index in [1.165, 1.54) is 4.90 Å². The molecule has 2 heterocycles. The number of piperazine rings is 1. The van der Waals surface area contributed by atoms with Crippen molar-refractivity contribution in [3.8, 4) is 0 Å². The summed E-state index contributed by atoms with van der Waals surface area (Å²) in [6.45, 7) is 5.04. The predicted octanol–water partition coefficient (Wildman–Crippen LogP) is 4.09. The van der Waals surface area contributed by atoms with Crippen LogP contribution in [-0.2, 0) is 16.0 Å². The molecular weight excluding hydrogens is 421 g/mol. The number of carbonyl (C=O) groups excluding carboxylic acids is 2. The fraction of sp³-hybridized carbons (Fsp3) is 0.304. The van der Waals surface area contributed by atoms with E-state index >= 15 is 0 Å². The van der Waals surface area contributed by atoms with E-state index in [9.17, 15) is 9.59 Å². The van der Waals surface area contributed by atoms with Crippen molar-refractivity contribution in [2.75, 3.05) is 38.1 Å². The van der Waals surface area contributed by atoms with E-state index in [0.29, 0.717) is 45.7 Å². The third kappa shape index (κ3) is 3.73. The van der Waals surface area contributed by atoms with Crippen molar-refractivity contribution in [2.45, 2.75) is 13.3 Å². The Balaban J connectivity index is 1.81. The van der Waals surface area contributed by atoms with Crippen LogP contribution in [0.5, 0.6) is 0 Å². The maximum Gasteiger partial charge on any atom is 0.282 e. The molecule has 0 aromatic heterocycles. The Bertz CT molecular complexity index is 1030. The average molecular weight is 444 g/mol. The minimum Gasteiger partial charge on any atom is -0.364 e. The lowest BCUT2D eigenvalue weighted by Crippen LogP contribution is -2.46. The summed E-state index contributed by atoms with van der Waals surface area (Å²) in [5.41, 5.74) is 2.99. The largest absolute Gasteiger partial charge is 0.364 e. The number of benzene rings is 2. The van der Waals surface area contributed by atoms with E-state index in [1.807, 2.05) is 36.2 Å². The molecule has 0 aliphatic carbocycles. The fourth-order valence-corrected chi connectivity index (χ4v) is 4.39. The average Bonchev–Trinajstić information content (AvgIpc) is 2.99. The van der Waals surface area contributed by atoms with Crippen molar-refractivity contribution >= 4 is 46.3 Å². The molecule has 7 heteroatoms. The summed E-state index contributed by atoms with van der Waals surface area (Å²) in [4.78, 5) is 32.5. The molecule has 0 unspecified atom stereocenters. The number of likely N-dealkylation sites (N-methyl/N-ethyl adjacent to an activating group) is 1. The van der Waals surface area contributed by atoms with Gasteiger partial charge in [0.2, 0.25) is 0 Å². The highest BCUT2D eigenvalue weighted by Gasteiger charge is 2.43. The number of amides is 2. The van der Waals surface area contributed by atoms with E-state index in [1.54, 1.807) is 18.2 Å². The normalized spacial score (nSPS) is 18.0. The molecule has 156 valence electrons. The van der Waals surface area contributed by atoms with Crippen molar-refractivity contribution in [1.29, 1.82) is 0 Å². The van der Waals surface area contributed by atoms with Gasteiger partial charge in [0.25, 0.3) is 11.8 Å². The number of halogens is 2. The lowest BCUT2D eigenvalue weighted by molar-refractivity contribution is -0.120. The molecule has 0 radical (unpaired) electrons. The Morgan fingerprint density at radius 2 is 1.57 bits per heavy atom. The van der Waals surface area contributed by atoms with Crippen molar-refractivity contribution in [3.05, 3.63) is 69.3 Å². The van der Waals surface area contributed by atoms with Crippen LogP contribution in [0.2, 0.25) is 10.0 Å². The molecule has 0 atom stereocenters. The topological polar surface area (TPSA) is 43.9 Å². The fourth-order valence-electron chi connectivity index (χ4n) is 3.89. The number of carbonyl (C=O) groups is 2. The predicted molar refractivity (Wildman–Crippen MR) is 121 cm³/mol. The highest BCUT2D eigenvalue weighted by Crippen LogP contribution is 2.38. The highest BCUT2D eigenvalue weighted by atomic mass is 35.5. The third-order valence-electron chi connectivity index (χ3n) is 5.68. The number of hydrogen-bond donors (Lipinski definition) is 0. The molecule has 0 bridgehead atoms. The molecule has 0 spiro atoms. The van der Waals surface area contributed by atoms with E-state index < -0.39 is 0 Å². The van der Waals surface area contributed by atoms with Crippen molar-refractivity contribution < 1.29 is 9.59 Å². The third-order valence-corrected chi connectivity index (χ3v) is 6.23. The quantitative estimate of drug-likeness (QED) is 0.667. The van der Waals surface area contributed by atoms with Gasteiger partial charge in [0.15, 0.2) is 0 Å². The molecule has 4 rings (SSSR count). The van der Waals surface area contributed by atoms with Gasteiger partial charge in [-0.1, -0.05) is 48.3 Å². The van der Waals surface area contributed by atoms with E-state index in [0.717, 1.165) is 25.1 Å². The van der Waals surface area contributed by atoms with Gasteiger partial charge in [-0.25, -0.2) is 4.90 Å². The van der Waals surface area contributed by atoms with Crippen LogP contribution in [0.3, 0.4) is 0 Å². The number of aryl methyl sites for hydroxylation is 1. The van der Waals surface area contributed by atoms with Crippen LogP contribution in [0.15, 0.2) is 48.2 Å². The lowest BCUT2D eigenvalue weighted by Gasteiger charge is -2.34. The molecule has 5 nitrogen and oxygen atoms in total. The summed E-state index contributed by atoms with van der Waals surface area (Å²) in [5, 5.41) is 0.836. The first kappa shape index (κ1) is 20.9. The number of nitrogens with zero attached hydrogens (tertiary/aromatic N) is 3. The monoisotopic (exact) mass is 443 g/mol. The van der Waals surface area contributed by atoms with Gasteiger partial charge in [-0.05, 0) is 43.3 Å². The smallest absolute Gasteiger partial charge is 0.282 e. The van der Waals surface area contributed by atoms with Crippen LogP contribution in [0, 0.1) is 0 Å². The van der Waals surface area contributed by atoms with Crippen LogP contribution in [0.4, 0.5) is 5.69 Å². The van der Waals surface area contributed by atoms with Gasteiger partial charge in [-0.3, -0.25) is 9.59 Å². The second kappa shape index (κ2) is 8.42. The SMILES string of the molecule is CCc1ccc(N2C(=O)C(c3ccc(Cl)cc3Cl)=C(N3CCN(C)CC3)C2=O)cc1. The molecule has 1 saturated heterocycles. The van der Waals surface area contributed by atoms with Crippen molar-refractivity contribution in [2.24, 2.45) is 0 Å². The molecule has 0 saturated carbocycles. The van der Waals surface area contributed by atoms with Gasteiger partial charge in [0, 0.05) is 36.8 Å². The van der Waals surface area contributed by atoms with Gasteiger partial charge in [0.05, 0.1) is 16.3 Å². The van der Waals surface area contributed by atoms with Gasteiger partial charge in [-0.2, -0.15) is 0 Å². The molecule has 1 fully saturated rings. The van der Waals surface area contributed by atoms with Gasteiger partial charge in [0.1, 0.15) is 5.70 Å². The Hall–Kier alpha value is -2.34. The second-order valence-corrected chi connectivity index (χ2v) is 8.45. The number of anilines is 1. The van der Waals surface area contributed by atoms with E-state index in [-0.39, 0.29) is 11.8 Å². The van der Waals surface area contributed by atoms with E-state index in [4.69, 9.17) is 23.2 Å². The summed E-state index contributed by atoms with van der Waals surface area (Å²) in [6, 6.07) is 12.5. The summed E-state index contributed by atoms with van der Waals surface area (Å²) in [5.74, 6) is -0.669. The highest BCUT2D eigenvalue weighted by molar-refractivity contribution is 6.47. The zero-order valence-electron chi connectivity index (χ0n) is 17.0. The Morgan fingerprint density at radius 3 is 2.17 bits per heavy atom. The maximum atomic E-state index is 13.5. The Morgan fingerprint density at radius 1 is 0.900 bits per heavy atom. The Kier molecular flexibility index (Phi) is 5.87. The zero-order chi connectivity index (χ0) is 21.4. The van der Waals surface area contributed by atoms with Gasteiger partial charge in [-0.15, -0.1) is 0 Å². The summed E-state index contributed by atoms with van der Waals surface area (Å²) in [6.07, 6.45) is 0.888. The minimum atomic E-state index is -0.359. The second-order valence-electron chi connectivity index (χ2n) is 7.60. The van der Waals surface area contributed by atoms with Crippen LogP contribution in [0.1, 0.15) is 18.1 Å². The summed E-state index contributed by atoms with van der Waals surface area (Å²) >= 11 is 12.5. The number of hydrogen-bond acceptors (Lipinski definition) is 4. The first-order chi connectivity index (χ1) is 14.4. The molecule has 2 amide bonds. The standard InChI is InChI=1S/C23H23Cl2N3O2/c1-3-15-4-7-17(8-5-15)28-22(29)20(18-9-6-16(24)14-19(18)25)21(23(28)30)27-12-10-26(2)11-13-27/h4-9,14H,3,10-13H2,1-2H3. The maximum absolute atomic E-state index is 13.5. The molecule has 2 aliphatic heterocycles. The molecule has 2 aromatic rings. The van der Waals surface area contributed by atoms with Crippen LogP contribution in [-0.4, -0.2) is 54.8 Å². The number of imide groups is 1. The zero-order valence-corrected chi connectivity index (χ0v) is 18.5. The first-order valence-corrected chi connectivity index (χ1v) is 10.8. The molecular formula is C23H23Cl2N3O2. The summed E-state index contributed by atoms with van der Waals surface area (Å²) in [7, 11) is 2.05. The van der Waals surface area contributed by atoms with Gasteiger partial charge >= 0.3 is 0 Å². The minimum absolute atomic E-state index is 0.310. The van der Waals surface area contributed by atoms with Crippen molar-refractivity contribution in [3.63, 3.8) is 0 Å². The van der Waals surface area contributed by atoms with Crippen molar-refractivity contribution in [1.82, 2.24) is 9.80 Å². The molecule has 0 N–H and O–H groups in total. The number of rotatable bonds is 4. The van der Waals surface area contributed by atoms with Crippen LogP contribution in [0.25, 0.3) is 5.57 Å². The van der Waals surface area contributed by atoms with E-state index in [2.05, 4.69) is 11.8 Å². The lowest BCUT2D eigenvalue weighted by atomic mass is 10.0. The van der Waals surface area contributed by atoms with Gasteiger partial charge < -0.3 is 9.80 Å². The van der Waals surface area contributed by atoms with Crippen LogP contribution >= 0.6 is 23.2 Å². The molecule has 30 heavy (non-hydrogen) atoms. The first-order valence-electron chi connectivity index (χ1n) is 10.0. The summed E-state index contributed by atoms with van der Waals surface area (Å²) < 4.78 is 0. The Labute approximate surface area is 186 Å². The molecule has 2 aromatic carbocycles. The molecule has 2 aliphatic rings. The van der Waals surface area contributed by atoms with Crippen LogP contribution < -0.4 is 4.90 Å².